The summed E-state index contributed by atoms with van der Waals surface area (Å²) in [6.07, 6.45) is 7.54. The molecule has 0 unspecified atom stereocenters. The number of unbranched alkanes of at least 4 members (excludes halogenated alkanes) is 5. The summed E-state index contributed by atoms with van der Waals surface area (Å²) in [5, 5.41) is 0.896. The third-order valence-corrected chi connectivity index (χ3v) is 7.40. The van der Waals surface area contributed by atoms with Crippen molar-refractivity contribution >= 4 is 34.4 Å². The highest BCUT2D eigenvalue weighted by Gasteiger charge is 2.23. The summed E-state index contributed by atoms with van der Waals surface area (Å²) < 4.78 is 7.62. The molecule has 216 valence electrons. The van der Waals surface area contributed by atoms with Crippen molar-refractivity contribution in [3.05, 3.63) is 59.8 Å². The van der Waals surface area contributed by atoms with Gasteiger partial charge < -0.3 is 19.1 Å². The van der Waals surface area contributed by atoms with E-state index < -0.39 is 0 Å². The first kappa shape index (κ1) is 30.9. The molecule has 0 saturated heterocycles. The molecule has 2 amide bonds. The molecule has 0 aliphatic rings. The highest BCUT2D eigenvalue weighted by molar-refractivity contribution is 6.05. The Kier molecular flexibility index (Phi) is 11.8. The monoisotopic (exact) mass is 547 g/mol. The molecule has 0 spiro atoms. The average molecular weight is 548 g/mol. The van der Waals surface area contributed by atoms with Crippen LogP contribution in [0.25, 0.3) is 10.9 Å². The zero-order chi connectivity index (χ0) is 29.1. The van der Waals surface area contributed by atoms with Gasteiger partial charge in [0.2, 0.25) is 11.8 Å². The molecule has 7 heteroatoms. The van der Waals surface area contributed by atoms with E-state index in [0.717, 1.165) is 73.8 Å². The van der Waals surface area contributed by atoms with Crippen molar-refractivity contribution in [2.75, 3.05) is 25.0 Å². The first-order valence-corrected chi connectivity index (χ1v) is 14.6. The van der Waals surface area contributed by atoms with Crippen LogP contribution in [0.1, 0.15) is 83.4 Å². The summed E-state index contributed by atoms with van der Waals surface area (Å²) in [5.74, 6) is 0.308. The lowest BCUT2D eigenvalue weighted by Crippen LogP contribution is -2.30. The van der Waals surface area contributed by atoms with Crippen molar-refractivity contribution in [3.8, 4) is 5.75 Å². The zero-order valence-electron chi connectivity index (χ0n) is 24.9. The maximum atomic E-state index is 12.9. The lowest BCUT2D eigenvalue weighted by molar-refractivity contribution is -0.132. The van der Waals surface area contributed by atoms with E-state index in [-0.39, 0.29) is 17.8 Å². The van der Waals surface area contributed by atoms with Gasteiger partial charge in [-0.3, -0.25) is 14.4 Å². The minimum absolute atomic E-state index is 0.0135. The van der Waals surface area contributed by atoms with E-state index in [4.69, 9.17) is 4.74 Å². The molecule has 1 heterocycles. The van der Waals surface area contributed by atoms with Gasteiger partial charge in [-0.2, -0.15) is 0 Å². The molecule has 2 aromatic carbocycles. The number of esters is 1. The van der Waals surface area contributed by atoms with Crippen molar-refractivity contribution in [2.24, 2.45) is 0 Å². The number of fused-ring (bicyclic) bond motifs is 1. The van der Waals surface area contributed by atoms with Crippen molar-refractivity contribution in [2.45, 2.75) is 85.6 Å². The second-order valence-electron chi connectivity index (χ2n) is 10.6. The molecule has 0 aliphatic heterocycles. The van der Waals surface area contributed by atoms with Crippen LogP contribution in [0.3, 0.4) is 0 Å². The summed E-state index contributed by atoms with van der Waals surface area (Å²) in [6.45, 7) is 9.30. The average Bonchev–Trinajstić information content (AvgIpc) is 3.18. The molecule has 0 aliphatic carbocycles. The van der Waals surface area contributed by atoms with Crippen molar-refractivity contribution in [1.82, 2.24) is 9.47 Å². The lowest BCUT2D eigenvalue weighted by Gasteiger charge is -2.22. The van der Waals surface area contributed by atoms with Gasteiger partial charge in [-0.15, -0.1) is 0 Å². The quantitative estimate of drug-likeness (QED) is 0.118. The van der Waals surface area contributed by atoms with Gasteiger partial charge in [0, 0.05) is 58.0 Å². The number of ether oxygens (including phenoxy) is 1. The van der Waals surface area contributed by atoms with Gasteiger partial charge >= 0.3 is 5.97 Å². The van der Waals surface area contributed by atoms with Crippen LogP contribution in [0, 0.1) is 6.92 Å². The second-order valence-corrected chi connectivity index (χ2v) is 10.6. The van der Waals surface area contributed by atoms with Gasteiger partial charge in [-0.1, -0.05) is 62.9 Å². The molecule has 40 heavy (non-hydrogen) atoms. The number of carbonyl (C=O) groups is 3. The van der Waals surface area contributed by atoms with E-state index >= 15 is 0 Å². The molecule has 3 rings (SSSR count). The summed E-state index contributed by atoms with van der Waals surface area (Å²) >= 11 is 0. The molecular weight excluding hydrogens is 502 g/mol. The van der Waals surface area contributed by atoms with Gasteiger partial charge in [-0.05, 0) is 49.9 Å². The Hall–Kier alpha value is -3.61. The molecule has 0 N–H and O–H groups in total. The Morgan fingerprint density at radius 3 is 2.25 bits per heavy atom. The highest BCUT2D eigenvalue weighted by atomic mass is 16.5. The van der Waals surface area contributed by atoms with E-state index in [2.05, 4.69) is 23.6 Å². The molecule has 1 aromatic heterocycles. The fourth-order valence-electron chi connectivity index (χ4n) is 5.20. The zero-order valence-corrected chi connectivity index (χ0v) is 24.9. The number of benzene rings is 2. The van der Waals surface area contributed by atoms with Gasteiger partial charge in [0.1, 0.15) is 5.75 Å². The summed E-state index contributed by atoms with van der Waals surface area (Å²) in [7, 11) is 1.89. The van der Waals surface area contributed by atoms with Gasteiger partial charge in [0.05, 0.1) is 11.2 Å². The van der Waals surface area contributed by atoms with Crippen LogP contribution in [0.2, 0.25) is 0 Å². The number of hydrogen-bond donors (Lipinski definition) is 0. The molecule has 0 radical (unpaired) electrons. The van der Waals surface area contributed by atoms with E-state index in [0.29, 0.717) is 25.3 Å². The second kappa shape index (κ2) is 15.2. The number of anilines is 1. The van der Waals surface area contributed by atoms with Crippen LogP contribution in [0.5, 0.6) is 5.75 Å². The van der Waals surface area contributed by atoms with Crippen LogP contribution in [-0.2, 0) is 20.9 Å². The summed E-state index contributed by atoms with van der Waals surface area (Å²) in [4.78, 5) is 40.5. The van der Waals surface area contributed by atoms with E-state index in [9.17, 15) is 14.4 Å². The molecular formula is C33H45N3O4. The maximum Gasteiger partial charge on any atom is 0.308 e. The van der Waals surface area contributed by atoms with Gasteiger partial charge in [0.15, 0.2) is 0 Å². The highest BCUT2D eigenvalue weighted by Crippen LogP contribution is 2.37. The van der Waals surface area contributed by atoms with Gasteiger partial charge in [0.25, 0.3) is 0 Å². The number of rotatable bonds is 15. The summed E-state index contributed by atoms with van der Waals surface area (Å²) in [6, 6.07) is 15.9. The number of carbonyl (C=O) groups excluding carboxylic acids is 3. The Labute approximate surface area is 239 Å². The minimum atomic E-state index is -0.376. The number of nitrogens with zero attached hydrogens (tertiary/aromatic N) is 3. The van der Waals surface area contributed by atoms with Crippen LogP contribution in [-0.4, -0.2) is 47.4 Å². The molecule has 0 fully saturated rings. The van der Waals surface area contributed by atoms with Crippen LogP contribution in [0.15, 0.2) is 48.5 Å². The van der Waals surface area contributed by atoms with Crippen LogP contribution in [0.4, 0.5) is 5.69 Å². The SMILES string of the molecule is CCCCN(C)C(=O)CCCCCCCN(C(C)=O)c1c(C)n(Cc2ccccc2)c2ccc(OC(C)=O)cc12. The first-order chi connectivity index (χ1) is 19.2. The third kappa shape index (κ3) is 8.44. The Morgan fingerprint density at radius 2 is 1.57 bits per heavy atom. The Balaban J connectivity index is 1.71. The summed E-state index contributed by atoms with van der Waals surface area (Å²) in [5.41, 5.74) is 4.03. The van der Waals surface area contributed by atoms with Crippen molar-refractivity contribution in [3.63, 3.8) is 0 Å². The first-order valence-electron chi connectivity index (χ1n) is 14.6. The number of aromatic nitrogens is 1. The van der Waals surface area contributed by atoms with Crippen LogP contribution < -0.4 is 9.64 Å². The van der Waals surface area contributed by atoms with Crippen molar-refractivity contribution < 1.29 is 19.1 Å². The maximum absolute atomic E-state index is 12.9. The van der Waals surface area contributed by atoms with E-state index in [1.54, 1.807) is 13.0 Å². The van der Waals surface area contributed by atoms with Crippen LogP contribution >= 0.6 is 0 Å². The number of amides is 2. The predicted octanol–water partition coefficient (Wildman–Crippen LogP) is 6.88. The standard InChI is InChI=1S/C33H45N3O4/c1-6-7-21-34(5)32(39)18-14-9-8-10-15-22-35(26(3)37)33-25(2)36(24-28-16-12-11-13-17-28)31-20-19-29(23-30(31)33)40-27(4)38/h11-13,16-17,19-20,23H,6-10,14-15,18,21-22,24H2,1-5H3. The molecule has 0 bridgehead atoms. The largest absolute Gasteiger partial charge is 0.427 e. The van der Waals surface area contributed by atoms with E-state index in [1.165, 1.54) is 12.5 Å². The minimum Gasteiger partial charge on any atom is -0.427 e. The molecule has 0 atom stereocenters. The van der Waals surface area contributed by atoms with E-state index in [1.807, 2.05) is 54.1 Å². The molecule has 3 aromatic rings. The molecule has 7 nitrogen and oxygen atoms in total. The smallest absolute Gasteiger partial charge is 0.308 e. The molecule has 0 saturated carbocycles. The topological polar surface area (TPSA) is 71.8 Å². The Morgan fingerprint density at radius 1 is 0.875 bits per heavy atom. The fraction of sp³-hybridized carbons (Fsp3) is 0.485. The number of hydrogen-bond acceptors (Lipinski definition) is 4. The van der Waals surface area contributed by atoms with Gasteiger partial charge in [-0.25, -0.2) is 0 Å². The Bertz CT molecular complexity index is 1280. The lowest BCUT2D eigenvalue weighted by atomic mass is 10.1. The normalized spacial score (nSPS) is 11.0. The third-order valence-electron chi connectivity index (χ3n) is 7.40. The fourth-order valence-corrected chi connectivity index (χ4v) is 5.20. The predicted molar refractivity (Wildman–Crippen MR) is 162 cm³/mol. The van der Waals surface area contributed by atoms with Crippen molar-refractivity contribution in [1.29, 1.82) is 0 Å².